The molecule has 1 aromatic rings. The minimum atomic E-state index is -0.196. The molecule has 2 fully saturated rings. The second kappa shape index (κ2) is 15.3. The van der Waals surface area contributed by atoms with Gasteiger partial charge in [0.05, 0.1) is 0 Å². The third-order valence-electron chi connectivity index (χ3n) is 10.6. The topological polar surface area (TPSA) is 81.2 Å². The summed E-state index contributed by atoms with van der Waals surface area (Å²) in [5, 5.41) is 11.6. The number of anilines is 2. The maximum atomic E-state index is 5.25. The number of aromatic nitrogens is 3. The first-order valence-electron chi connectivity index (χ1n) is 20.4. The summed E-state index contributed by atoms with van der Waals surface area (Å²) >= 11 is 0. The number of rotatable bonds is 13. The van der Waals surface area contributed by atoms with Gasteiger partial charge in [0.15, 0.2) is 0 Å². The molecule has 0 atom stereocenters. The van der Waals surface area contributed by atoms with E-state index >= 15 is 0 Å². The SMILES string of the molecule is CC(C)(C)CC(C)(C)Nc1nc(N(CCCCCCN(C2CC(C)(C)NC(C)(C)C2)C(C)(C)C)C2CC(C)(C)NC(C)(C)C2)nc(C(C)(C)C)n1. The third-order valence-corrected chi connectivity index (χ3v) is 10.6. The quantitative estimate of drug-likeness (QED) is 0.175. The summed E-state index contributed by atoms with van der Waals surface area (Å²) in [7, 11) is 0. The molecule has 0 unspecified atom stereocenters. The number of nitrogens with zero attached hydrogens (tertiary/aromatic N) is 5. The van der Waals surface area contributed by atoms with Crippen LogP contribution in [-0.2, 0) is 5.41 Å². The van der Waals surface area contributed by atoms with E-state index in [0.29, 0.717) is 18.0 Å². The van der Waals surface area contributed by atoms with Crippen LogP contribution in [0.1, 0.15) is 195 Å². The van der Waals surface area contributed by atoms with Gasteiger partial charge in [0, 0.05) is 57.3 Å². The molecule has 3 heterocycles. The highest BCUT2D eigenvalue weighted by molar-refractivity contribution is 5.41. The molecule has 296 valence electrons. The Morgan fingerprint density at radius 1 is 0.608 bits per heavy atom. The zero-order valence-corrected chi connectivity index (χ0v) is 37.2. The second-order valence-corrected chi connectivity index (χ2v) is 23.2. The lowest BCUT2D eigenvalue weighted by Gasteiger charge is -2.53. The van der Waals surface area contributed by atoms with Gasteiger partial charge in [-0.2, -0.15) is 15.0 Å². The lowest BCUT2D eigenvalue weighted by Crippen LogP contribution is -2.64. The minimum Gasteiger partial charge on any atom is -0.349 e. The average molecular weight is 713 g/mol. The van der Waals surface area contributed by atoms with E-state index in [1.54, 1.807) is 0 Å². The van der Waals surface area contributed by atoms with Crippen molar-refractivity contribution in [2.75, 3.05) is 23.3 Å². The van der Waals surface area contributed by atoms with Crippen molar-refractivity contribution in [1.82, 2.24) is 30.5 Å². The second-order valence-electron chi connectivity index (χ2n) is 23.2. The Labute approximate surface area is 316 Å². The fraction of sp³-hybridized carbons (Fsp3) is 0.930. The summed E-state index contributed by atoms with van der Waals surface area (Å²) < 4.78 is 0. The smallest absolute Gasteiger partial charge is 0.230 e. The fourth-order valence-electron chi connectivity index (χ4n) is 9.96. The Bertz CT molecular complexity index is 1240. The minimum absolute atomic E-state index is 0.0223. The van der Waals surface area contributed by atoms with Crippen molar-refractivity contribution in [2.24, 2.45) is 5.41 Å². The van der Waals surface area contributed by atoms with Crippen LogP contribution in [0.4, 0.5) is 11.9 Å². The molecule has 0 bridgehead atoms. The van der Waals surface area contributed by atoms with Gasteiger partial charge in [-0.25, -0.2) is 0 Å². The van der Waals surface area contributed by atoms with Crippen LogP contribution in [0.3, 0.4) is 0 Å². The molecular weight excluding hydrogens is 629 g/mol. The van der Waals surface area contributed by atoms with Crippen molar-refractivity contribution in [1.29, 1.82) is 0 Å². The van der Waals surface area contributed by atoms with E-state index in [1.165, 1.54) is 32.1 Å². The monoisotopic (exact) mass is 713 g/mol. The zero-order chi connectivity index (χ0) is 39.1. The Hall–Kier alpha value is -1.51. The van der Waals surface area contributed by atoms with E-state index < -0.39 is 0 Å². The number of piperidine rings is 2. The summed E-state index contributed by atoms with van der Waals surface area (Å²) in [6, 6.07) is 0.931. The molecular formula is C43H84N8. The number of hydrogen-bond donors (Lipinski definition) is 3. The molecule has 8 heteroatoms. The predicted molar refractivity (Wildman–Crippen MR) is 221 cm³/mol. The molecule has 0 spiro atoms. The van der Waals surface area contributed by atoms with Crippen molar-refractivity contribution in [3.63, 3.8) is 0 Å². The Kier molecular flexibility index (Phi) is 13.2. The average Bonchev–Trinajstić information content (AvgIpc) is 2.83. The van der Waals surface area contributed by atoms with Crippen LogP contribution in [0.5, 0.6) is 0 Å². The van der Waals surface area contributed by atoms with Crippen LogP contribution in [0.15, 0.2) is 0 Å². The van der Waals surface area contributed by atoms with Gasteiger partial charge >= 0.3 is 0 Å². The van der Waals surface area contributed by atoms with E-state index in [9.17, 15) is 0 Å². The highest BCUT2D eigenvalue weighted by atomic mass is 15.3. The maximum absolute atomic E-state index is 5.25. The number of nitrogens with one attached hydrogen (secondary N) is 3. The van der Waals surface area contributed by atoms with E-state index in [2.05, 4.69) is 157 Å². The van der Waals surface area contributed by atoms with Crippen LogP contribution >= 0.6 is 0 Å². The maximum Gasteiger partial charge on any atom is 0.230 e. The van der Waals surface area contributed by atoms with Crippen molar-refractivity contribution in [3.8, 4) is 0 Å². The molecule has 0 amide bonds. The fourth-order valence-corrected chi connectivity index (χ4v) is 9.96. The van der Waals surface area contributed by atoms with Crippen molar-refractivity contribution < 1.29 is 0 Å². The largest absolute Gasteiger partial charge is 0.349 e. The Morgan fingerprint density at radius 3 is 1.49 bits per heavy atom. The van der Waals surface area contributed by atoms with Crippen molar-refractivity contribution in [3.05, 3.63) is 5.82 Å². The van der Waals surface area contributed by atoms with E-state index in [0.717, 1.165) is 50.5 Å². The molecule has 51 heavy (non-hydrogen) atoms. The predicted octanol–water partition coefficient (Wildman–Crippen LogP) is 9.88. The number of unbranched alkanes of at least 4 members (excludes halogenated alkanes) is 3. The Morgan fingerprint density at radius 2 is 1.06 bits per heavy atom. The third kappa shape index (κ3) is 14.0. The molecule has 0 saturated carbocycles. The van der Waals surface area contributed by atoms with Gasteiger partial charge in [0.2, 0.25) is 11.9 Å². The van der Waals surface area contributed by atoms with Crippen molar-refractivity contribution in [2.45, 2.75) is 240 Å². The Balaban J connectivity index is 1.84. The summed E-state index contributed by atoms with van der Waals surface area (Å²) in [6.07, 6.45) is 10.3. The van der Waals surface area contributed by atoms with Gasteiger partial charge in [-0.05, 0) is 147 Å². The van der Waals surface area contributed by atoms with E-state index in [1.807, 2.05) is 0 Å². The molecule has 2 aliphatic rings. The van der Waals surface area contributed by atoms with Crippen LogP contribution < -0.4 is 20.9 Å². The molecule has 3 rings (SSSR count). The molecule has 2 aliphatic heterocycles. The van der Waals surface area contributed by atoms with E-state index in [4.69, 9.17) is 15.0 Å². The van der Waals surface area contributed by atoms with Crippen LogP contribution in [0.2, 0.25) is 0 Å². The van der Waals surface area contributed by atoms with Crippen molar-refractivity contribution >= 4 is 11.9 Å². The molecule has 3 N–H and O–H groups in total. The molecule has 0 aliphatic carbocycles. The summed E-state index contributed by atoms with van der Waals surface area (Å²) in [5.41, 5.74) is 0.323. The first-order chi connectivity index (χ1) is 22.8. The van der Waals surface area contributed by atoms with E-state index in [-0.39, 0.29) is 44.1 Å². The van der Waals surface area contributed by atoms with Gasteiger partial charge in [0.25, 0.3) is 0 Å². The molecule has 0 radical (unpaired) electrons. The molecule has 2 saturated heterocycles. The normalized spacial score (nSPS) is 21.6. The zero-order valence-electron chi connectivity index (χ0n) is 37.2. The van der Waals surface area contributed by atoms with Crippen LogP contribution in [0.25, 0.3) is 0 Å². The standard InChI is InChI=1S/C43H84N8/c1-36(2,3)30-43(18,19)47-34-44-33(37(4,5)6)45-35(46-34)50(31-26-39(10,11)48-40(12,13)27-31)24-22-20-21-23-25-51(38(7,8)9)32-28-41(14,15)49-42(16,17)29-32/h31-32,48-49H,20-30H2,1-19H3,(H,44,45,46,47). The first kappa shape index (κ1) is 43.9. The van der Waals surface area contributed by atoms with Crippen LogP contribution in [-0.4, -0.2) is 78.3 Å². The lowest BCUT2D eigenvalue weighted by molar-refractivity contribution is 0.0111. The highest BCUT2D eigenvalue weighted by Crippen LogP contribution is 2.37. The number of hydrogen-bond acceptors (Lipinski definition) is 8. The molecule has 8 nitrogen and oxygen atoms in total. The summed E-state index contributed by atoms with van der Waals surface area (Å²) in [4.78, 5) is 20.9. The summed E-state index contributed by atoms with van der Waals surface area (Å²) in [5.74, 6) is 2.38. The van der Waals surface area contributed by atoms with Gasteiger partial charge in [0.1, 0.15) is 5.82 Å². The van der Waals surface area contributed by atoms with Gasteiger partial charge in [-0.1, -0.05) is 54.4 Å². The molecule has 1 aromatic heterocycles. The first-order valence-corrected chi connectivity index (χ1v) is 20.4. The molecule has 0 aromatic carbocycles. The lowest BCUT2D eigenvalue weighted by atomic mass is 9.78. The van der Waals surface area contributed by atoms with Gasteiger partial charge < -0.3 is 20.9 Å². The van der Waals surface area contributed by atoms with Crippen LogP contribution in [0, 0.1) is 5.41 Å². The summed E-state index contributed by atoms with van der Waals surface area (Å²) in [6.45, 7) is 46.3. The highest BCUT2D eigenvalue weighted by Gasteiger charge is 2.43. The van der Waals surface area contributed by atoms with Gasteiger partial charge in [-0.15, -0.1) is 0 Å². The van der Waals surface area contributed by atoms with Gasteiger partial charge in [-0.3, -0.25) is 4.90 Å².